The summed E-state index contributed by atoms with van der Waals surface area (Å²) in [7, 11) is 1.51. The number of imide groups is 1. The minimum absolute atomic E-state index is 0.133. The van der Waals surface area contributed by atoms with Crippen LogP contribution in [0.1, 0.15) is 47.9 Å². The lowest BCUT2D eigenvalue weighted by atomic mass is 9.98. The maximum Gasteiger partial charge on any atom is 0.328 e. The van der Waals surface area contributed by atoms with Gasteiger partial charge in [0.2, 0.25) is 5.91 Å². The molecule has 2 fully saturated rings. The number of non-ortho nitro benzene ring substituents is 1. The van der Waals surface area contributed by atoms with Crippen molar-refractivity contribution >= 4 is 58.2 Å². The molecule has 234 valence electrons. The Morgan fingerprint density at radius 2 is 1.72 bits per heavy atom. The van der Waals surface area contributed by atoms with E-state index in [2.05, 4.69) is 16.0 Å². The fourth-order valence-electron chi connectivity index (χ4n) is 5.84. The van der Waals surface area contributed by atoms with Gasteiger partial charge in [0.1, 0.15) is 5.70 Å². The Balaban J connectivity index is 1.29. The molecule has 0 bridgehead atoms. The Labute approximate surface area is 264 Å². The van der Waals surface area contributed by atoms with Crippen LogP contribution in [0.2, 0.25) is 0 Å². The molecular weight excluding hydrogens is 588 g/mol. The summed E-state index contributed by atoms with van der Waals surface area (Å²) < 4.78 is 0. The van der Waals surface area contributed by atoms with Crippen molar-refractivity contribution in [3.8, 4) is 0 Å². The SMILES string of the molecule is CN1C(=O)NC(=O)/C1=C/c1ccc(N/C(=C2\C(=O)Nc3ccc([N+](=O)[O-])cc32)c2ccc(CCCN3CCCCC3=O)cc2)cc1. The highest BCUT2D eigenvalue weighted by molar-refractivity contribution is 6.37. The third-order valence-corrected chi connectivity index (χ3v) is 8.37. The molecule has 3 heterocycles. The number of hydrogen-bond donors (Lipinski definition) is 3. The number of likely N-dealkylation sites (N-methyl/N-ethyl adjacent to an activating group) is 1. The minimum atomic E-state index is -0.497. The second kappa shape index (κ2) is 12.7. The Morgan fingerprint density at radius 1 is 0.957 bits per heavy atom. The summed E-state index contributed by atoms with van der Waals surface area (Å²) in [6, 6.07) is 18.6. The first-order valence-electron chi connectivity index (χ1n) is 15.1. The van der Waals surface area contributed by atoms with Crippen molar-refractivity contribution in [1.82, 2.24) is 15.1 Å². The van der Waals surface area contributed by atoms with Crippen LogP contribution >= 0.6 is 0 Å². The molecule has 6 rings (SSSR count). The number of nitrogens with zero attached hydrogens (tertiary/aromatic N) is 3. The van der Waals surface area contributed by atoms with Gasteiger partial charge in [-0.1, -0.05) is 36.4 Å². The van der Waals surface area contributed by atoms with Gasteiger partial charge in [0, 0.05) is 55.6 Å². The largest absolute Gasteiger partial charge is 0.354 e. The number of amides is 5. The van der Waals surface area contributed by atoms with E-state index < -0.39 is 22.8 Å². The third-order valence-electron chi connectivity index (χ3n) is 8.37. The van der Waals surface area contributed by atoms with Crippen molar-refractivity contribution in [3.63, 3.8) is 0 Å². The van der Waals surface area contributed by atoms with Crippen LogP contribution in [0.4, 0.5) is 21.9 Å². The molecule has 3 aliphatic rings. The van der Waals surface area contributed by atoms with Gasteiger partial charge in [0.25, 0.3) is 17.5 Å². The molecular formula is C34H32N6O6. The van der Waals surface area contributed by atoms with Crippen LogP contribution in [0, 0.1) is 10.1 Å². The number of carbonyl (C=O) groups excluding carboxylic acids is 4. The zero-order valence-electron chi connectivity index (χ0n) is 25.2. The fraction of sp³-hybridized carbons (Fsp3) is 0.235. The Kier molecular flexibility index (Phi) is 8.34. The second-order valence-electron chi connectivity index (χ2n) is 11.4. The maximum atomic E-state index is 13.3. The van der Waals surface area contributed by atoms with Gasteiger partial charge in [-0.3, -0.25) is 34.7 Å². The maximum absolute atomic E-state index is 13.3. The van der Waals surface area contributed by atoms with Crippen LogP contribution in [-0.2, 0) is 20.8 Å². The van der Waals surface area contributed by atoms with Gasteiger partial charge in [-0.05, 0) is 66.6 Å². The fourth-order valence-corrected chi connectivity index (χ4v) is 5.84. The van der Waals surface area contributed by atoms with E-state index in [1.165, 1.54) is 30.1 Å². The number of aryl methyl sites for hydroxylation is 1. The van der Waals surface area contributed by atoms with Gasteiger partial charge in [-0.25, -0.2) is 4.79 Å². The number of benzene rings is 3. The molecule has 3 aromatic carbocycles. The van der Waals surface area contributed by atoms with Gasteiger partial charge in [0.15, 0.2) is 0 Å². The number of nitrogens with one attached hydrogen (secondary N) is 3. The molecule has 46 heavy (non-hydrogen) atoms. The van der Waals surface area contributed by atoms with E-state index >= 15 is 0 Å². The number of fused-ring (bicyclic) bond motifs is 1. The van der Waals surface area contributed by atoms with E-state index in [4.69, 9.17) is 0 Å². The summed E-state index contributed by atoms with van der Waals surface area (Å²) in [5.74, 6) is -0.657. The summed E-state index contributed by atoms with van der Waals surface area (Å²) in [5.41, 5.74) is 4.81. The van der Waals surface area contributed by atoms with E-state index in [9.17, 15) is 29.3 Å². The number of rotatable bonds is 9. The van der Waals surface area contributed by atoms with Crippen LogP contribution in [0.5, 0.6) is 0 Å². The van der Waals surface area contributed by atoms with Crippen LogP contribution < -0.4 is 16.0 Å². The van der Waals surface area contributed by atoms with Crippen molar-refractivity contribution in [3.05, 3.63) is 105 Å². The van der Waals surface area contributed by atoms with Crippen LogP contribution in [0.3, 0.4) is 0 Å². The summed E-state index contributed by atoms with van der Waals surface area (Å²) in [6.45, 7) is 1.53. The highest BCUT2D eigenvalue weighted by Crippen LogP contribution is 2.39. The van der Waals surface area contributed by atoms with Crippen molar-refractivity contribution in [2.24, 2.45) is 0 Å². The first kappa shape index (κ1) is 30.3. The molecule has 2 saturated heterocycles. The van der Waals surface area contributed by atoms with Gasteiger partial charge < -0.3 is 15.5 Å². The third kappa shape index (κ3) is 6.23. The standard InChI is InChI=1S/C34H32N6O6/c1-38-28(32(42)37-34(38)44)19-22-9-13-24(14-10-22)35-31(30-26-20-25(40(45)46)15-16-27(26)36-33(30)43)23-11-7-21(8-12-23)5-4-18-39-17-3-2-6-29(39)41/h7-16,19-20,35H,2-6,17-18H2,1H3,(H,36,43)(H,37,42,44)/b28-19-,31-30-. The molecule has 0 atom stereocenters. The highest BCUT2D eigenvalue weighted by Gasteiger charge is 2.31. The molecule has 0 spiro atoms. The molecule has 3 aromatic rings. The minimum Gasteiger partial charge on any atom is -0.354 e. The number of hydrogen-bond acceptors (Lipinski definition) is 7. The van der Waals surface area contributed by atoms with Crippen molar-refractivity contribution in [2.75, 3.05) is 30.8 Å². The topological polar surface area (TPSA) is 154 Å². The first-order chi connectivity index (χ1) is 22.2. The predicted molar refractivity (Wildman–Crippen MR) is 173 cm³/mol. The zero-order valence-corrected chi connectivity index (χ0v) is 25.2. The molecule has 3 aliphatic heterocycles. The molecule has 0 radical (unpaired) electrons. The smallest absolute Gasteiger partial charge is 0.328 e. The monoisotopic (exact) mass is 620 g/mol. The van der Waals surface area contributed by atoms with E-state index in [1.54, 1.807) is 30.3 Å². The second-order valence-corrected chi connectivity index (χ2v) is 11.4. The molecule has 12 nitrogen and oxygen atoms in total. The van der Waals surface area contributed by atoms with E-state index in [1.807, 2.05) is 29.2 Å². The molecule has 0 aliphatic carbocycles. The Bertz CT molecular complexity index is 1810. The molecule has 12 heteroatoms. The Morgan fingerprint density at radius 3 is 2.39 bits per heavy atom. The highest BCUT2D eigenvalue weighted by atomic mass is 16.6. The number of nitro groups is 1. The zero-order chi connectivity index (χ0) is 32.4. The number of likely N-dealkylation sites (tertiary alicyclic amines) is 1. The molecule has 0 unspecified atom stereocenters. The number of carbonyl (C=O) groups is 4. The number of urea groups is 1. The van der Waals surface area contributed by atoms with Gasteiger partial charge in [-0.2, -0.15) is 0 Å². The Hall–Kier alpha value is -5.78. The molecule has 3 N–H and O–H groups in total. The lowest BCUT2D eigenvalue weighted by Gasteiger charge is -2.26. The van der Waals surface area contributed by atoms with Gasteiger partial charge in [-0.15, -0.1) is 0 Å². The van der Waals surface area contributed by atoms with Crippen molar-refractivity contribution in [1.29, 1.82) is 0 Å². The average molecular weight is 621 g/mol. The number of piperidine rings is 1. The summed E-state index contributed by atoms with van der Waals surface area (Å²) in [4.78, 5) is 63.7. The van der Waals surface area contributed by atoms with E-state index in [-0.39, 0.29) is 22.9 Å². The van der Waals surface area contributed by atoms with E-state index in [0.29, 0.717) is 40.2 Å². The lowest BCUT2D eigenvalue weighted by Crippen LogP contribution is -2.36. The summed E-state index contributed by atoms with van der Waals surface area (Å²) in [5, 5.41) is 20.0. The van der Waals surface area contributed by atoms with Gasteiger partial charge >= 0.3 is 6.03 Å². The summed E-state index contributed by atoms with van der Waals surface area (Å²) in [6.07, 6.45) is 5.84. The number of nitro benzene ring substituents is 1. The molecule has 0 aromatic heterocycles. The normalized spacial score (nSPS) is 18.1. The first-order valence-corrected chi connectivity index (χ1v) is 15.1. The van der Waals surface area contributed by atoms with Crippen molar-refractivity contribution < 1.29 is 24.1 Å². The van der Waals surface area contributed by atoms with Crippen LogP contribution in [-0.4, -0.2) is 58.6 Å². The van der Waals surface area contributed by atoms with Gasteiger partial charge in [0.05, 0.1) is 16.2 Å². The van der Waals surface area contributed by atoms with Crippen molar-refractivity contribution in [2.45, 2.75) is 32.1 Å². The average Bonchev–Trinajstić information content (AvgIpc) is 3.50. The van der Waals surface area contributed by atoms with E-state index in [0.717, 1.165) is 44.3 Å². The van der Waals surface area contributed by atoms with Crippen LogP contribution in [0.25, 0.3) is 17.3 Å². The quantitative estimate of drug-likeness (QED) is 0.132. The summed E-state index contributed by atoms with van der Waals surface area (Å²) >= 11 is 0. The molecule has 0 saturated carbocycles. The van der Waals surface area contributed by atoms with Crippen LogP contribution in [0.15, 0.2) is 72.4 Å². The molecule has 5 amide bonds. The number of anilines is 2. The lowest BCUT2D eigenvalue weighted by molar-refractivity contribution is -0.384. The predicted octanol–water partition coefficient (Wildman–Crippen LogP) is 4.99.